The summed E-state index contributed by atoms with van der Waals surface area (Å²) >= 11 is 0. The molecule has 0 aliphatic heterocycles. The third-order valence-corrected chi connectivity index (χ3v) is 3.65. The van der Waals surface area contributed by atoms with Crippen molar-refractivity contribution in [3.05, 3.63) is 0 Å². The lowest BCUT2D eigenvalue weighted by Gasteiger charge is -2.03. The second-order valence-electron chi connectivity index (χ2n) is 4.75. The van der Waals surface area contributed by atoms with E-state index in [0.29, 0.717) is 12.8 Å². The van der Waals surface area contributed by atoms with Gasteiger partial charge in [-0.3, -0.25) is 0 Å². The minimum Gasteiger partial charge on any atom is -0.247 e. The largest absolute Gasteiger partial charge is 0.397 e. The zero-order valence-electron chi connectivity index (χ0n) is 12.7. The van der Waals surface area contributed by atoms with Crippen LogP contribution in [-0.4, -0.2) is 25.2 Å². The van der Waals surface area contributed by atoms with Gasteiger partial charge in [0, 0.05) is 0 Å². The van der Waals surface area contributed by atoms with E-state index in [4.69, 9.17) is 0 Å². The molecule has 0 atom stereocenters. The van der Waals surface area contributed by atoms with E-state index in [2.05, 4.69) is 16.7 Å². The van der Waals surface area contributed by atoms with E-state index in [-0.39, 0.29) is 17.7 Å². The van der Waals surface area contributed by atoms with E-state index >= 15 is 0 Å². The van der Waals surface area contributed by atoms with Crippen molar-refractivity contribution in [1.82, 2.24) is 0 Å². The fourth-order valence-corrected chi connectivity index (χ4v) is 2.14. The SMILES string of the molecule is CCCCCCC(=O)OOC(=O)C(CCCCC)=S(=O)=O. The maximum Gasteiger partial charge on any atom is 0.397 e. The summed E-state index contributed by atoms with van der Waals surface area (Å²) in [5.74, 6) is -1.77. The van der Waals surface area contributed by atoms with Gasteiger partial charge in [0.15, 0.2) is 4.86 Å². The number of hydrogen-bond donors (Lipinski definition) is 0. The highest BCUT2D eigenvalue weighted by atomic mass is 32.2. The Morgan fingerprint density at radius 1 is 0.810 bits per heavy atom. The van der Waals surface area contributed by atoms with Gasteiger partial charge >= 0.3 is 11.9 Å². The summed E-state index contributed by atoms with van der Waals surface area (Å²) in [6.07, 6.45) is 6.16. The van der Waals surface area contributed by atoms with Crippen LogP contribution in [0.5, 0.6) is 0 Å². The lowest BCUT2D eigenvalue weighted by atomic mass is 10.1. The van der Waals surface area contributed by atoms with Gasteiger partial charge in [-0.05, 0) is 19.3 Å². The minimum atomic E-state index is -2.66. The van der Waals surface area contributed by atoms with Crippen LogP contribution in [0, 0.1) is 0 Å². The molecule has 6 nitrogen and oxygen atoms in total. The van der Waals surface area contributed by atoms with Crippen molar-refractivity contribution in [3.8, 4) is 0 Å². The van der Waals surface area contributed by atoms with Crippen molar-refractivity contribution in [1.29, 1.82) is 0 Å². The Kier molecular flexibility index (Phi) is 11.6. The fraction of sp³-hybridized carbons (Fsp3) is 0.786. The Hall–Kier alpha value is -1.37. The molecule has 0 aliphatic rings. The van der Waals surface area contributed by atoms with E-state index in [1.165, 1.54) is 0 Å². The van der Waals surface area contributed by atoms with Crippen LogP contribution < -0.4 is 0 Å². The van der Waals surface area contributed by atoms with Crippen LogP contribution >= 0.6 is 0 Å². The standard InChI is InChI=1S/C14H24O6S/c1-3-5-7-9-11-13(15)19-20-14(16)12(21(17)18)10-8-6-4-2/h3-11H2,1-2H3. The van der Waals surface area contributed by atoms with E-state index < -0.39 is 22.2 Å². The van der Waals surface area contributed by atoms with Crippen LogP contribution in [0.4, 0.5) is 0 Å². The van der Waals surface area contributed by atoms with Crippen molar-refractivity contribution >= 4 is 27.1 Å². The van der Waals surface area contributed by atoms with Crippen LogP contribution in [0.3, 0.4) is 0 Å². The zero-order chi connectivity index (χ0) is 16.1. The third-order valence-electron chi connectivity index (χ3n) is 2.88. The maximum absolute atomic E-state index is 11.5. The van der Waals surface area contributed by atoms with Gasteiger partial charge in [-0.25, -0.2) is 19.4 Å². The molecule has 21 heavy (non-hydrogen) atoms. The molecule has 122 valence electrons. The molecule has 0 aromatic carbocycles. The molecule has 0 saturated heterocycles. The Balaban J connectivity index is 4.15. The second-order valence-corrected chi connectivity index (χ2v) is 5.71. The molecular weight excluding hydrogens is 296 g/mol. The number of unbranched alkanes of at least 4 members (excludes halogenated alkanes) is 5. The number of carbonyl (C=O) groups is 2. The molecule has 0 aliphatic carbocycles. The van der Waals surface area contributed by atoms with Gasteiger partial charge in [0.1, 0.15) is 0 Å². The number of hydrogen-bond acceptors (Lipinski definition) is 6. The van der Waals surface area contributed by atoms with E-state index in [1.807, 2.05) is 6.92 Å². The topological polar surface area (TPSA) is 86.7 Å². The van der Waals surface area contributed by atoms with Crippen molar-refractivity contribution in [3.63, 3.8) is 0 Å². The van der Waals surface area contributed by atoms with Gasteiger partial charge in [0.05, 0.1) is 6.42 Å². The Morgan fingerprint density at radius 3 is 1.95 bits per heavy atom. The highest BCUT2D eigenvalue weighted by molar-refractivity contribution is 7.74. The molecule has 0 rings (SSSR count). The van der Waals surface area contributed by atoms with Crippen LogP contribution in [0.2, 0.25) is 0 Å². The predicted molar refractivity (Wildman–Crippen MR) is 79.0 cm³/mol. The molecule has 0 bridgehead atoms. The smallest absolute Gasteiger partial charge is 0.247 e. The van der Waals surface area contributed by atoms with Crippen LogP contribution in [0.25, 0.3) is 0 Å². The van der Waals surface area contributed by atoms with Gasteiger partial charge in [-0.15, -0.1) is 0 Å². The summed E-state index contributed by atoms with van der Waals surface area (Å²) in [7, 11) is -2.66. The zero-order valence-corrected chi connectivity index (χ0v) is 13.5. The quantitative estimate of drug-likeness (QED) is 0.266. The summed E-state index contributed by atoms with van der Waals surface area (Å²) < 4.78 is 21.9. The van der Waals surface area contributed by atoms with Gasteiger partial charge in [-0.1, -0.05) is 46.0 Å². The van der Waals surface area contributed by atoms with E-state index in [9.17, 15) is 18.0 Å². The van der Waals surface area contributed by atoms with Gasteiger partial charge in [0.2, 0.25) is 10.3 Å². The summed E-state index contributed by atoms with van der Waals surface area (Å²) in [4.78, 5) is 31.1. The van der Waals surface area contributed by atoms with Gasteiger partial charge in [-0.2, -0.15) is 8.42 Å². The molecule has 0 N–H and O–H groups in total. The second kappa shape index (κ2) is 12.4. The number of carbonyl (C=O) groups excluding carboxylic acids is 2. The first-order chi connectivity index (χ1) is 10.0. The molecule has 0 amide bonds. The third kappa shape index (κ3) is 10.1. The first-order valence-corrected chi connectivity index (χ1v) is 8.47. The Labute approximate surface area is 127 Å². The van der Waals surface area contributed by atoms with Crippen LogP contribution in [0.1, 0.15) is 71.6 Å². The predicted octanol–water partition coefficient (Wildman–Crippen LogP) is 2.59. The van der Waals surface area contributed by atoms with Gasteiger partial charge in [0.25, 0.3) is 0 Å². The monoisotopic (exact) mass is 320 g/mol. The minimum absolute atomic E-state index is 0.0941. The summed E-state index contributed by atoms with van der Waals surface area (Å²) in [5.41, 5.74) is 0. The Bertz CT molecular complexity index is 444. The summed E-state index contributed by atoms with van der Waals surface area (Å²) in [6.45, 7) is 4.02. The lowest BCUT2D eigenvalue weighted by molar-refractivity contribution is -0.253. The van der Waals surface area contributed by atoms with Crippen LogP contribution in [0.15, 0.2) is 0 Å². The lowest BCUT2D eigenvalue weighted by Crippen LogP contribution is -2.20. The van der Waals surface area contributed by atoms with E-state index in [1.54, 1.807) is 0 Å². The molecule has 0 radical (unpaired) electrons. The Morgan fingerprint density at radius 2 is 1.38 bits per heavy atom. The number of rotatable bonds is 10. The van der Waals surface area contributed by atoms with Crippen molar-refractivity contribution in [2.75, 3.05) is 0 Å². The average Bonchev–Trinajstić information content (AvgIpc) is 2.45. The van der Waals surface area contributed by atoms with Gasteiger partial charge < -0.3 is 0 Å². The molecular formula is C14H24O6S. The average molecular weight is 320 g/mol. The molecule has 0 spiro atoms. The maximum atomic E-state index is 11.5. The normalized spacial score (nSPS) is 10.0. The molecule has 0 unspecified atom stereocenters. The molecule has 0 aromatic rings. The van der Waals surface area contributed by atoms with E-state index in [0.717, 1.165) is 32.1 Å². The highest BCUT2D eigenvalue weighted by Gasteiger charge is 2.18. The molecule has 0 fully saturated rings. The highest BCUT2D eigenvalue weighted by Crippen LogP contribution is 2.05. The van der Waals surface area contributed by atoms with Crippen LogP contribution in [-0.2, 0) is 29.7 Å². The van der Waals surface area contributed by atoms with Crippen molar-refractivity contribution in [2.24, 2.45) is 0 Å². The van der Waals surface area contributed by atoms with Crippen molar-refractivity contribution in [2.45, 2.75) is 71.6 Å². The summed E-state index contributed by atoms with van der Waals surface area (Å²) in [5, 5.41) is 0. The molecule has 0 heterocycles. The summed E-state index contributed by atoms with van der Waals surface area (Å²) in [6, 6.07) is 0. The molecule has 0 aromatic heterocycles. The van der Waals surface area contributed by atoms with Crippen molar-refractivity contribution < 1.29 is 27.8 Å². The fourth-order valence-electron chi connectivity index (χ4n) is 1.66. The first kappa shape index (κ1) is 19.6. The molecule has 0 saturated carbocycles. The molecule has 7 heteroatoms. The first-order valence-electron chi connectivity index (χ1n) is 7.39.